The molecule has 24 heavy (non-hydrogen) atoms. The second-order valence-corrected chi connectivity index (χ2v) is 8.42. The molecule has 1 saturated heterocycles. The van der Waals surface area contributed by atoms with Gasteiger partial charge in [0.15, 0.2) is 0 Å². The molecule has 1 fully saturated rings. The van der Waals surface area contributed by atoms with Crippen molar-refractivity contribution in [2.45, 2.75) is 18.4 Å². The van der Waals surface area contributed by atoms with Crippen molar-refractivity contribution >= 4 is 21.6 Å². The Kier molecular flexibility index (Phi) is 5.25. The van der Waals surface area contributed by atoms with E-state index < -0.39 is 10.0 Å². The number of nitrogens with zero attached hydrogens (tertiary/aromatic N) is 2. The number of hydrogen-bond donors (Lipinski definition) is 0. The van der Waals surface area contributed by atoms with E-state index in [9.17, 15) is 8.42 Å². The van der Waals surface area contributed by atoms with Gasteiger partial charge in [0.1, 0.15) is 0 Å². The molecule has 128 valence electrons. The van der Waals surface area contributed by atoms with Gasteiger partial charge >= 0.3 is 0 Å². The number of sulfonamides is 1. The third kappa shape index (κ3) is 3.81. The first kappa shape index (κ1) is 17.4. The number of aryl methyl sites for hydroxylation is 1. The maximum Gasteiger partial charge on any atom is 0.243 e. The fourth-order valence-electron chi connectivity index (χ4n) is 2.85. The number of rotatable bonds is 4. The zero-order valence-electron chi connectivity index (χ0n) is 13.7. The van der Waals surface area contributed by atoms with E-state index in [0.29, 0.717) is 18.1 Å². The van der Waals surface area contributed by atoms with Crippen LogP contribution in [0.2, 0.25) is 5.02 Å². The fourth-order valence-corrected chi connectivity index (χ4v) is 4.55. The Balaban J connectivity index is 1.66. The molecule has 0 spiro atoms. The number of benzene rings is 2. The lowest BCUT2D eigenvalue weighted by Gasteiger charge is -2.34. The van der Waals surface area contributed by atoms with E-state index in [0.717, 1.165) is 25.2 Å². The molecule has 0 amide bonds. The molecule has 0 aliphatic carbocycles. The summed E-state index contributed by atoms with van der Waals surface area (Å²) in [6.45, 7) is 5.18. The lowest BCUT2D eigenvalue weighted by Crippen LogP contribution is -2.48. The molecule has 0 bridgehead atoms. The highest BCUT2D eigenvalue weighted by atomic mass is 35.5. The summed E-state index contributed by atoms with van der Waals surface area (Å²) in [6.07, 6.45) is 0. The van der Waals surface area contributed by atoms with E-state index >= 15 is 0 Å². The van der Waals surface area contributed by atoms with Crippen molar-refractivity contribution < 1.29 is 8.42 Å². The van der Waals surface area contributed by atoms with Crippen molar-refractivity contribution in [2.75, 3.05) is 26.2 Å². The van der Waals surface area contributed by atoms with Crippen molar-refractivity contribution in [3.63, 3.8) is 0 Å². The highest BCUT2D eigenvalue weighted by Gasteiger charge is 2.28. The summed E-state index contributed by atoms with van der Waals surface area (Å²) < 4.78 is 27.1. The minimum absolute atomic E-state index is 0.273. The van der Waals surface area contributed by atoms with E-state index in [1.54, 1.807) is 22.5 Å². The average Bonchev–Trinajstić information content (AvgIpc) is 2.58. The van der Waals surface area contributed by atoms with Crippen molar-refractivity contribution in [2.24, 2.45) is 0 Å². The molecule has 2 aromatic carbocycles. The Hall–Kier alpha value is -1.40. The highest BCUT2D eigenvalue weighted by molar-refractivity contribution is 7.89. The number of halogens is 1. The van der Waals surface area contributed by atoms with Crippen LogP contribution in [0.25, 0.3) is 0 Å². The van der Waals surface area contributed by atoms with E-state index in [4.69, 9.17) is 11.6 Å². The van der Waals surface area contributed by atoms with Crippen molar-refractivity contribution in [3.8, 4) is 0 Å². The molecule has 1 aliphatic rings. The van der Waals surface area contributed by atoms with E-state index in [-0.39, 0.29) is 4.90 Å². The van der Waals surface area contributed by atoms with Crippen LogP contribution in [-0.2, 0) is 16.6 Å². The van der Waals surface area contributed by atoms with Gasteiger partial charge in [0.25, 0.3) is 0 Å². The second-order valence-electron chi connectivity index (χ2n) is 6.08. The van der Waals surface area contributed by atoms with Gasteiger partial charge in [-0.1, -0.05) is 48.0 Å². The van der Waals surface area contributed by atoms with Crippen LogP contribution in [0.5, 0.6) is 0 Å². The molecule has 1 heterocycles. The Morgan fingerprint density at radius 1 is 1.00 bits per heavy atom. The summed E-state index contributed by atoms with van der Waals surface area (Å²) in [5, 5.41) is 0.485. The molecule has 0 aromatic heterocycles. The van der Waals surface area contributed by atoms with Gasteiger partial charge in [-0.3, -0.25) is 4.90 Å². The summed E-state index contributed by atoms with van der Waals surface area (Å²) in [6, 6.07) is 15.2. The maximum atomic E-state index is 12.8. The van der Waals surface area contributed by atoms with Crippen LogP contribution in [0.4, 0.5) is 0 Å². The summed E-state index contributed by atoms with van der Waals surface area (Å²) in [5.41, 5.74) is 2.13. The molecule has 3 rings (SSSR count). The monoisotopic (exact) mass is 364 g/mol. The van der Waals surface area contributed by atoms with Crippen LogP contribution in [0.15, 0.2) is 53.4 Å². The minimum atomic E-state index is -3.48. The van der Waals surface area contributed by atoms with Gasteiger partial charge < -0.3 is 0 Å². The van der Waals surface area contributed by atoms with Crippen molar-refractivity contribution in [3.05, 3.63) is 64.7 Å². The smallest absolute Gasteiger partial charge is 0.243 e. The third-order valence-corrected chi connectivity index (χ3v) is 6.66. The maximum absolute atomic E-state index is 12.8. The van der Waals surface area contributed by atoms with Gasteiger partial charge in [-0.05, 0) is 30.2 Å². The summed E-state index contributed by atoms with van der Waals surface area (Å²) >= 11 is 6.08. The van der Waals surface area contributed by atoms with Gasteiger partial charge in [-0.25, -0.2) is 8.42 Å². The highest BCUT2D eigenvalue weighted by Crippen LogP contribution is 2.23. The molecular weight excluding hydrogens is 344 g/mol. The molecule has 0 unspecified atom stereocenters. The van der Waals surface area contributed by atoms with Crippen LogP contribution in [0.3, 0.4) is 0 Å². The van der Waals surface area contributed by atoms with Crippen LogP contribution < -0.4 is 0 Å². The molecule has 4 nitrogen and oxygen atoms in total. The molecule has 0 atom stereocenters. The lowest BCUT2D eigenvalue weighted by molar-refractivity contribution is 0.181. The molecular formula is C18H21ClN2O2S. The zero-order valence-corrected chi connectivity index (χ0v) is 15.2. The van der Waals surface area contributed by atoms with Crippen LogP contribution >= 0.6 is 11.6 Å². The van der Waals surface area contributed by atoms with Gasteiger partial charge in [-0.2, -0.15) is 4.31 Å². The first-order chi connectivity index (χ1) is 11.5. The Bertz CT molecular complexity index is 801. The quantitative estimate of drug-likeness (QED) is 0.836. The molecule has 0 radical (unpaired) electrons. The number of hydrogen-bond acceptors (Lipinski definition) is 3. The first-order valence-electron chi connectivity index (χ1n) is 7.99. The molecule has 2 aromatic rings. The van der Waals surface area contributed by atoms with Gasteiger partial charge in [0, 0.05) is 37.7 Å². The standard InChI is InChI=1S/C18H21ClN2O2S/c1-15-7-8-17(13-18(15)19)24(22,23)21-11-9-20(10-12-21)14-16-5-3-2-4-6-16/h2-8,13H,9-12,14H2,1H3. The largest absolute Gasteiger partial charge is 0.296 e. The van der Waals surface area contributed by atoms with Gasteiger partial charge in [-0.15, -0.1) is 0 Å². The third-order valence-electron chi connectivity index (χ3n) is 4.36. The predicted molar refractivity (Wildman–Crippen MR) is 96.7 cm³/mol. The predicted octanol–water partition coefficient (Wildman–Crippen LogP) is 3.15. The van der Waals surface area contributed by atoms with Crippen molar-refractivity contribution in [1.82, 2.24) is 9.21 Å². The fraction of sp³-hybridized carbons (Fsp3) is 0.333. The van der Waals surface area contributed by atoms with Gasteiger partial charge in [0.2, 0.25) is 10.0 Å². The van der Waals surface area contributed by atoms with Crippen LogP contribution in [0, 0.1) is 6.92 Å². The molecule has 0 N–H and O–H groups in total. The van der Waals surface area contributed by atoms with Crippen LogP contribution in [0.1, 0.15) is 11.1 Å². The number of piperazine rings is 1. The Labute approximate surface area is 148 Å². The van der Waals surface area contributed by atoms with Gasteiger partial charge in [0.05, 0.1) is 4.90 Å². The van der Waals surface area contributed by atoms with E-state index in [2.05, 4.69) is 17.0 Å². The Morgan fingerprint density at radius 3 is 2.29 bits per heavy atom. The second kappa shape index (κ2) is 7.23. The summed E-state index contributed by atoms with van der Waals surface area (Å²) in [5.74, 6) is 0. The zero-order chi connectivity index (χ0) is 17.2. The molecule has 6 heteroatoms. The van der Waals surface area contributed by atoms with Crippen molar-refractivity contribution in [1.29, 1.82) is 0 Å². The average molecular weight is 365 g/mol. The van der Waals surface area contributed by atoms with Crippen LogP contribution in [-0.4, -0.2) is 43.8 Å². The lowest BCUT2D eigenvalue weighted by atomic mass is 10.2. The molecule has 1 aliphatic heterocycles. The normalized spacial score (nSPS) is 17.1. The Morgan fingerprint density at radius 2 is 1.67 bits per heavy atom. The van der Waals surface area contributed by atoms with E-state index in [1.165, 1.54) is 5.56 Å². The summed E-state index contributed by atoms with van der Waals surface area (Å²) in [7, 11) is -3.48. The minimum Gasteiger partial charge on any atom is -0.296 e. The SMILES string of the molecule is Cc1ccc(S(=O)(=O)N2CCN(Cc3ccccc3)CC2)cc1Cl. The topological polar surface area (TPSA) is 40.6 Å². The summed E-state index contributed by atoms with van der Waals surface area (Å²) in [4.78, 5) is 2.55. The molecule has 0 saturated carbocycles. The first-order valence-corrected chi connectivity index (χ1v) is 9.81. The van der Waals surface area contributed by atoms with E-state index in [1.807, 2.05) is 25.1 Å².